The van der Waals surface area contributed by atoms with Gasteiger partial charge in [-0.15, -0.1) is 0 Å². The zero-order valence-corrected chi connectivity index (χ0v) is 14.6. The lowest BCUT2D eigenvalue weighted by atomic mass is 9.99. The summed E-state index contributed by atoms with van der Waals surface area (Å²) in [6.45, 7) is 5.34. The van der Waals surface area contributed by atoms with Crippen LogP contribution in [0.2, 0.25) is 0 Å². The van der Waals surface area contributed by atoms with Gasteiger partial charge in [-0.1, -0.05) is 0 Å². The molecule has 0 aromatic carbocycles. The summed E-state index contributed by atoms with van der Waals surface area (Å²) in [6, 6.07) is 2.18. The van der Waals surface area contributed by atoms with Crippen molar-refractivity contribution in [2.45, 2.75) is 31.6 Å². The molecular weight excluding hydrogens is 316 g/mol. The van der Waals surface area contributed by atoms with Crippen LogP contribution in [0.5, 0.6) is 0 Å². The van der Waals surface area contributed by atoms with Crippen LogP contribution in [0.15, 0.2) is 12.4 Å². The summed E-state index contributed by atoms with van der Waals surface area (Å²) < 4.78 is 5.39. The van der Waals surface area contributed by atoms with Crippen LogP contribution < -0.4 is 4.90 Å². The van der Waals surface area contributed by atoms with E-state index in [4.69, 9.17) is 4.74 Å². The third-order valence-corrected chi connectivity index (χ3v) is 6.36. The summed E-state index contributed by atoms with van der Waals surface area (Å²) in [7, 11) is 0. The van der Waals surface area contributed by atoms with Crippen LogP contribution in [0, 0.1) is 17.8 Å². The molecule has 1 amide bonds. The molecule has 0 bridgehead atoms. The van der Waals surface area contributed by atoms with Crippen molar-refractivity contribution >= 4 is 11.7 Å². The molecule has 1 aromatic heterocycles. The number of fused-ring (bicyclic) bond motifs is 1. The van der Waals surface area contributed by atoms with Crippen LogP contribution in [0.25, 0.3) is 0 Å². The van der Waals surface area contributed by atoms with Crippen molar-refractivity contribution < 1.29 is 9.53 Å². The van der Waals surface area contributed by atoms with Crippen molar-refractivity contribution in [2.24, 2.45) is 17.8 Å². The molecule has 5 rings (SSSR count). The zero-order valence-electron chi connectivity index (χ0n) is 14.6. The lowest BCUT2D eigenvalue weighted by molar-refractivity contribution is -0.137. The van der Waals surface area contributed by atoms with Gasteiger partial charge in [0.1, 0.15) is 12.1 Å². The predicted molar refractivity (Wildman–Crippen MR) is 93.3 cm³/mol. The number of hydrogen-bond acceptors (Lipinski definition) is 5. The van der Waals surface area contributed by atoms with E-state index in [1.54, 1.807) is 6.33 Å². The molecule has 4 fully saturated rings. The number of amides is 1. The predicted octanol–water partition coefficient (Wildman–Crippen LogP) is 1.68. The van der Waals surface area contributed by atoms with E-state index in [1.165, 1.54) is 18.5 Å². The number of aromatic nitrogens is 2. The summed E-state index contributed by atoms with van der Waals surface area (Å²) in [4.78, 5) is 26.2. The Morgan fingerprint density at radius 2 is 1.72 bits per heavy atom. The first kappa shape index (κ1) is 15.6. The summed E-state index contributed by atoms with van der Waals surface area (Å²) in [5.74, 6) is 3.46. The van der Waals surface area contributed by atoms with Gasteiger partial charge in [0.15, 0.2) is 0 Å². The minimum absolute atomic E-state index is 0.187. The van der Waals surface area contributed by atoms with Crippen LogP contribution in [0.1, 0.15) is 37.3 Å². The molecule has 6 heteroatoms. The second kappa shape index (κ2) is 6.24. The Balaban J connectivity index is 1.21. The van der Waals surface area contributed by atoms with Crippen LogP contribution in [0.4, 0.5) is 5.82 Å². The van der Waals surface area contributed by atoms with E-state index < -0.39 is 0 Å². The van der Waals surface area contributed by atoms with Gasteiger partial charge in [0.05, 0.1) is 0 Å². The SMILES string of the molecule is O=C(C1CCOCC1)N1CC2CN(c3cc(C4CC4)ncn3)CC2C1. The lowest BCUT2D eigenvalue weighted by Gasteiger charge is -2.28. The van der Waals surface area contributed by atoms with Crippen molar-refractivity contribution in [2.75, 3.05) is 44.3 Å². The second-order valence-electron chi connectivity index (χ2n) is 8.13. The molecule has 0 N–H and O–H groups in total. The molecule has 1 aromatic rings. The average molecular weight is 342 g/mol. The van der Waals surface area contributed by atoms with E-state index in [9.17, 15) is 4.79 Å². The van der Waals surface area contributed by atoms with Gasteiger partial charge in [0.2, 0.25) is 5.91 Å². The van der Waals surface area contributed by atoms with Crippen molar-refractivity contribution in [1.82, 2.24) is 14.9 Å². The molecule has 1 aliphatic carbocycles. The quantitative estimate of drug-likeness (QED) is 0.836. The number of anilines is 1. The first-order valence-electron chi connectivity index (χ1n) is 9.71. The Hall–Kier alpha value is -1.69. The van der Waals surface area contributed by atoms with Gasteiger partial charge in [-0.25, -0.2) is 9.97 Å². The van der Waals surface area contributed by atoms with E-state index in [-0.39, 0.29) is 5.92 Å². The highest BCUT2D eigenvalue weighted by Crippen LogP contribution is 2.40. The molecule has 2 atom stereocenters. The van der Waals surface area contributed by atoms with Crippen LogP contribution in [-0.4, -0.2) is 60.2 Å². The van der Waals surface area contributed by atoms with Crippen LogP contribution >= 0.6 is 0 Å². The fourth-order valence-corrected chi connectivity index (χ4v) is 4.70. The van der Waals surface area contributed by atoms with Crippen LogP contribution in [0.3, 0.4) is 0 Å². The fourth-order valence-electron chi connectivity index (χ4n) is 4.70. The maximum atomic E-state index is 12.7. The summed E-state index contributed by atoms with van der Waals surface area (Å²) in [5, 5.41) is 0. The highest BCUT2D eigenvalue weighted by molar-refractivity contribution is 5.79. The topological polar surface area (TPSA) is 58.6 Å². The number of carbonyl (C=O) groups excluding carboxylic acids is 1. The Bertz CT molecular complexity index is 643. The first-order chi connectivity index (χ1) is 12.3. The molecule has 0 spiro atoms. The molecule has 4 aliphatic rings. The van der Waals surface area contributed by atoms with Gasteiger partial charge < -0.3 is 14.5 Å². The maximum absolute atomic E-state index is 12.7. The standard InChI is InChI=1S/C19H26N4O2/c24-19(14-3-5-25-6-4-14)23-10-15-8-22(9-16(15)11-23)18-7-17(13-1-2-13)20-12-21-18/h7,12-16H,1-6,8-11H2. The highest BCUT2D eigenvalue weighted by Gasteiger charge is 2.43. The summed E-state index contributed by atoms with van der Waals surface area (Å²) in [5.41, 5.74) is 1.21. The molecule has 1 saturated carbocycles. The second-order valence-corrected chi connectivity index (χ2v) is 8.13. The maximum Gasteiger partial charge on any atom is 0.225 e. The first-order valence-corrected chi connectivity index (χ1v) is 9.71. The largest absolute Gasteiger partial charge is 0.381 e. The number of hydrogen-bond donors (Lipinski definition) is 0. The lowest BCUT2D eigenvalue weighted by Crippen LogP contribution is -2.39. The van der Waals surface area contributed by atoms with Gasteiger partial charge >= 0.3 is 0 Å². The van der Waals surface area contributed by atoms with E-state index in [0.717, 1.165) is 58.1 Å². The molecule has 25 heavy (non-hydrogen) atoms. The molecule has 2 unspecified atom stereocenters. The third-order valence-electron chi connectivity index (χ3n) is 6.36. The van der Waals surface area contributed by atoms with Crippen molar-refractivity contribution in [3.8, 4) is 0 Å². The number of carbonyl (C=O) groups is 1. The number of ether oxygens (including phenoxy) is 1. The number of likely N-dealkylation sites (tertiary alicyclic amines) is 1. The third kappa shape index (κ3) is 3.01. The molecule has 3 aliphatic heterocycles. The van der Waals surface area contributed by atoms with Crippen molar-refractivity contribution in [1.29, 1.82) is 0 Å². The number of rotatable bonds is 3. The average Bonchev–Trinajstić information content (AvgIpc) is 3.32. The smallest absolute Gasteiger partial charge is 0.225 e. The normalized spacial score (nSPS) is 29.9. The van der Waals surface area contributed by atoms with E-state index in [2.05, 4.69) is 25.8 Å². The van der Waals surface area contributed by atoms with E-state index in [0.29, 0.717) is 23.7 Å². The molecule has 134 valence electrons. The molecule has 0 radical (unpaired) electrons. The monoisotopic (exact) mass is 342 g/mol. The number of nitrogens with zero attached hydrogens (tertiary/aromatic N) is 4. The van der Waals surface area contributed by atoms with Gasteiger partial charge in [0, 0.05) is 74.8 Å². The highest BCUT2D eigenvalue weighted by atomic mass is 16.5. The van der Waals surface area contributed by atoms with Gasteiger partial charge in [0.25, 0.3) is 0 Å². The molecular formula is C19H26N4O2. The Kier molecular flexibility index (Phi) is 3.88. The van der Waals surface area contributed by atoms with Gasteiger partial charge in [-0.2, -0.15) is 0 Å². The van der Waals surface area contributed by atoms with Gasteiger partial charge in [-0.05, 0) is 25.7 Å². The van der Waals surface area contributed by atoms with Crippen molar-refractivity contribution in [3.05, 3.63) is 18.1 Å². The zero-order chi connectivity index (χ0) is 16.8. The summed E-state index contributed by atoms with van der Waals surface area (Å²) in [6.07, 6.45) is 6.04. The summed E-state index contributed by atoms with van der Waals surface area (Å²) >= 11 is 0. The molecule has 6 nitrogen and oxygen atoms in total. The minimum Gasteiger partial charge on any atom is -0.381 e. The van der Waals surface area contributed by atoms with E-state index >= 15 is 0 Å². The minimum atomic E-state index is 0.187. The Morgan fingerprint density at radius 1 is 1.00 bits per heavy atom. The molecule has 4 heterocycles. The fraction of sp³-hybridized carbons (Fsp3) is 0.737. The Morgan fingerprint density at radius 3 is 2.40 bits per heavy atom. The molecule has 3 saturated heterocycles. The van der Waals surface area contributed by atoms with E-state index in [1.807, 2.05) is 0 Å². The Labute approximate surface area is 148 Å². The van der Waals surface area contributed by atoms with Crippen molar-refractivity contribution in [3.63, 3.8) is 0 Å². The van der Waals surface area contributed by atoms with Crippen LogP contribution in [-0.2, 0) is 9.53 Å². The van der Waals surface area contributed by atoms with Gasteiger partial charge in [-0.3, -0.25) is 4.79 Å².